The molecule has 0 fully saturated rings. The van der Waals surface area contributed by atoms with Crippen molar-refractivity contribution in [1.29, 1.82) is 0 Å². The lowest BCUT2D eigenvalue weighted by Gasteiger charge is -2.19. The average molecular weight is 258 g/mol. The molecule has 2 aromatic rings. The molecule has 2 N–H and O–H groups in total. The monoisotopic (exact) mass is 258 g/mol. The molecule has 0 saturated carbocycles. The van der Waals surface area contributed by atoms with E-state index in [9.17, 15) is 0 Å². The zero-order chi connectivity index (χ0) is 14.2. The summed E-state index contributed by atoms with van der Waals surface area (Å²) in [6, 6.07) is 6.82. The summed E-state index contributed by atoms with van der Waals surface area (Å²) < 4.78 is 0. The summed E-state index contributed by atoms with van der Waals surface area (Å²) >= 11 is 0. The maximum absolute atomic E-state index is 3.59. The summed E-state index contributed by atoms with van der Waals surface area (Å²) in [6.45, 7) is 12.2. The first-order valence-electron chi connectivity index (χ1n) is 7.14. The lowest BCUT2D eigenvalue weighted by atomic mass is 9.86. The second kappa shape index (κ2) is 5.01. The summed E-state index contributed by atoms with van der Waals surface area (Å²) in [5.41, 5.74) is 5.61. The lowest BCUT2D eigenvalue weighted by molar-refractivity contribution is 0.591. The van der Waals surface area contributed by atoms with Crippen molar-refractivity contribution in [3.8, 4) is 0 Å². The molecule has 2 rings (SSSR count). The molecule has 1 aromatic carbocycles. The number of hydrogen-bond acceptors (Lipinski definition) is 1. The first-order valence-corrected chi connectivity index (χ1v) is 7.14. The third kappa shape index (κ3) is 2.69. The van der Waals surface area contributed by atoms with Crippen LogP contribution in [0.1, 0.15) is 57.4 Å². The molecular weight excluding hydrogens is 232 g/mol. The minimum absolute atomic E-state index is 0.195. The Morgan fingerprint density at radius 3 is 2.42 bits per heavy atom. The lowest BCUT2D eigenvalue weighted by Crippen LogP contribution is -2.11. The smallest absolute Gasteiger partial charge is 0.0459 e. The minimum Gasteiger partial charge on any atom is -0.358 e. The number of hydrogen-bond donors (Lipinski definition) is 2. The summed E-state index contributed by atoms with van der Waals surface area (Å²) in [5.74, 6) is 0.522. The Labute approximate surface area is 116 Å². The standard InChI is InChI=1S/C17H26N2/c1-11(2)16-14(10-18-6)13-9-12(17(3,4)5)7-8-15(13)19-16/h7-9,11,18-19H,10H2,1-6H3. The molecule has 0 atom stereocenters. The summed E-state index contributed by atoms with van der Waals surface area (Å²) in [4.78, 5) is 3.59. The Morgan fingerprint density at radius 2 is 1.89 bits per heavy atom. The average Bonchev–Trinajstić information content (AvgIpc) is 2.67. The van der Waals surface area contributed by atoms with Crippen LogP contribution in [0.25, 0.3) is 10.9 Å². The number of nitrogens with one attached hydrogen (secondary N) is 2. The normalized spacial score (nSPS) is 12.6. The van der Waals surface area contributed by atoms with E-state index in [0.29, 0.717) is 5.92 Å². The van der Waals surface area contributed by atoms with Crippen molar-refractivity contribution in [3.63, 3.8) is 0 Å². The van der Waals surface area contributed by atoms with Crippen LogP contribution in [0.15, 0.2) is 18.2 Å². The van der Waals surface area contributed by atoms with Crippen molar-refractivity contribution in [2.24, 2.45) is 0 Å². The number of aromatic amines is 1. The van der Waals surface area contributed by atoms with E-state index in [-0.39, 0.29) is 5.41 Å². The summed E-state index contributed by atoms with van der Waals surface area (Å²) in [7, 11) is 2.01. The van der Waals surface area contributed by atoms with Crippen LogP contribution in [-0.4, -0.2) is 12.0 Å². The SMILES string of the molecule is CNCc1c(C(C)C)[nH]c2ccc(C(C)(C)C)cc12. The van der Waals surface area contributed by atoms with Crippen molar-refractivity contribution in [3.05, 3.63) is 35.0 Å². The number of aromatic nitrogens is 1. The third-order valence-corrected chi connectivity index (χ3v) is 3.74. The van der Waals surface area contributed by atoms with Gasteiger partial charge in [-0.1, -0.05) is 40.7 Å². The highest BCUT2D eigenvalue weighted by molar-refractivity contribution is 5.85. The Hall–Kier alpha value is -1.28. The van der Waals surface area contributed by atoms with E-state index in [1.165, 1.54) is 27.7 Å². The molecule has 2 nitrogen and oxygen atoms in total. The van der Waals surface area contributed by atoms with Gasteiger partial charge in [-0.25, -0.2) is 0 Å². The highest BCUT2D eigenvalue weighted by atomic mass is 14.8. The van der Waals surface area contributed by atoms with Crippen LogP contribution in [0.4, 0.5) is 0 Å². The number of rotatable bonds is 3. The molecule has 1 heterocycles. The molecule has 104 valence electrons. The van der Waals surface area contributed by atoms with Crippen LogP contribution in [0.5, 0.6) is 0 Å². The molecule has 0 unspecified atom stereocenters. The largest absolute Gasteiger partial charge is 0.358 e. The molecule has 0 aliphatic rings. The second-order valence-electron chi connectivity index (χ2n) is 6.71. The van der Waals surface area contributed by atoms with E-state index in [1.54, 1.807) is 0 Å². The molecule has 0 aliphatic heterocycles. The van der Waals surface area contributed by atoms with Crippen LogP contribution in [-0.2, 0) is 12.0 Å². The molecule has 0 radical (unpaired) electrons. The Morgan fingerprint density at radius 1 is 1.21 bits per heavy atom. The number of fused-ring (bicyclic) bond motifs is 1. The van der Waals surface area contributed by atoms with Gasteiger partial charge < -0.3 is 10.3 Å². The maximum atomic E-state index is 3.59. The molecule has 0 saturated heterocycles. The fourth-order valence-electron chi connectivity index (χ4n) is 2.60. The molecule has 0 amide bonds. The van der Waals surface area contributed by atoms with Gasteiger partial charge in [-0.3, -0.25) is 0 Å². The van der Waals surface area contributed by atoms with Crippen LogP contribution in [0, 0.1) is 0 Å². The van der Waals surface area contributed by atoms with Gasteiger partial charge in [-0.05, 0) is 41.6 Å². The van der Waals surface area contributed by atoms with Gasteiger partial charge in [0.15, 0.2) is 0 Å². The zero-order valence-electron chi connectivity index (χ0n) is 13.0. The minimum atomic E-state index is 0.195. The van der Waals surface area contributed by atoms with E-state index in [2.05, 4.69) is 63.1 Å². The van der Waals surface area contributed by atoms with Gasteiger partial charge in [-0.2, -0.15) is 0 Å². The van der Waals surface area contributed by atoms with Crippen molar-refractivity contribution in [1.82, 2.24) is 10.3 Å². The van der Waals surface area contributed by atoms with Gasteiger partial charge >= 0.3 is 0 Å². The Kier molecular flexibility index (Phi) is 3.73. The number of benzene rings is 1. The van der Waals surface area contributed by atoms with E-state index in [4.69, 9.17) is 0 Å². The van der Waals surface area contributed by atoms with Crippen LogP contribution >= 0.6 is 0 Å². The predicted molar refractivity (Wildman–Crippen MR) is 83.9 cm³/mol. The molecule has 2 heteroatoms. The van der Waals surface area contributed by atoms with Crippen LogP contribution in [0.3, 0.4) is 0 Å². The van der Waals surface area contributed by atoms with Crippen LogP contribution < -0.4 is 5.32 Å². The highest BCUT2D eigenvalue weighted by Crippen LogP contribution is 2.31. The fourth-order valence-corrected chi connectivity index (χ4v) is 2.60. The van der Waals surface area contributed by atoms with Crippen LogP contribution in [0.2, 0.25) is 0 Å². The molecule has 19 heavy (non-hydrogen) atoms. The molecule has 0 bridgehead atoms. The van der Waals surface area contributed by atoms with E-state index < -0.39 is 0 Å². The molecule has 0 aliphatic carbocycles. The highest BCUT2D eigenvalue weighted by Gasteiger charge is 2.18. The first kappa shape index (κ1) is 14.1. The van der Waals surface area contributed by atoms with E-state index >= 15 is 0 Å². The second-order valence-corrected chi connectivity index (χ2v) is 6.71. The first-order chi connectivity index (χ1) is 8.84. The third-order valence-electron chi connectivity index (χ3n) is 3.74. The van der Waals surface area contributed by atoms with Gasteiger partial charge in [0.1, 0.15) is 0 Å². The molecular formula is C17H26N2. The molecule has 1 aromatic heterocycles. The fraction of sp³-hybridized carbons (Fsp3) is 0.529. The topological polar surface area (TPSA) is 27.8 Å². The van der Waals surface area contributed by atoms with Crippen molar-refractivity contribution < 1.29 is 0 Å². The van der Waals surface area contributed by atoms with E-state index in [1.807, 2.05) is 7.05 Å². The zero-order valence-corrected chi connectivity index (χ0v) is 13.0. The summed E-state index contributed by atoms with van der Waals surface area (Å²) in [5, 5.41) is 4.66. The predicted octanol–water partition coefficient (Wildman–Crippen LogP) is 4.31. The van der Waals surface area contributed by atoms with Gasteiger partial charge in [-0.15, -0.1) is 0 Å². The molecule has 0 spiro atoms. The summed E-state index contributed by atoms with van der Waals surface area (Å²) in [6.07, 6.45) is 0. The van der Waals surface area contributed by atoms with Gasteiger partial charge in [0.25, 0.3) is 0 Å². The maximum Gasteiger partial charge on any atom is 0.0459 e. The number of H-pyrrole nitrogens is 1. The van der Waals surface area contributed by atoms with Gasteiger partial charge in [0, 0.05) is 23.1 Å². The van der Waals surface area contributed by atoms with E-state index in [0.717, 1.165) is 6.54 Å². The van der Waals surface area contributed by atoms with Gasteiger partial charge in [0.2, 0.25) is 0 Å². The van der Waals surface area contributed by atoms with Crippen molar-refractivity contribution in [2.45, 2.75) is 52.5 Å². The van der Waals surface area contributed by atoms with Crippen molar-refractivity contribution in [2.75, 3.05) is 7.05 Å². The van der Waals surface area contributed by atoms with Gasteiger partial charge in [0.05, 0.1) is 0 Å². The Balaban J connectivity index is 2.66. The van der Waals surface area contributed by atoms with Crippen molar-refractivity contribution >= 4 is 10.9 Å². The Bertz CT molecular complexity index is 571. The quantitative estimate of drug-likeness (QED) is 0.843.